The topological polar surface area (TPSA) is 58.6 Å². The molecule has 32 heavy (non-hydrogen) atoms. The van der Waals surface area contributed by atoms with Gasteiger partial charge >= 0.3 is 0 Å². The molecule has 2 atom stereocenters. The van der Waals surface area contributed by atoms with Gasteiger partial charge in [-0.05, 0) is 74.3 Å². The number of piperidine rings is 1. The highest BCUT2D eigenvalue weighted by Gasteiger charge is 2.29. The van der Waals surface area contributed by atoms with E-state index in [2.05, 4.69) is 10.2 Å². The highest BCUT2D eigenvalue weighted by atomic mass is 35.5. The number of hydrogen-bond acceptors (Lipinski definition) is 4. The van der Waals surface area contributed by atoms with Crippen LogP contribution in [-0.2, 0) is 0 Å². The smallest absolute Gasteiger partial charge is 0.251 e. The van der Waals surface area contributed by atoms with Crippen LogP contribution in [0.1, 0.15) is 46.9 Å². The van der Waals surface area contributed by atoms with E-state index in [1.807, 2.05) is 6.92 Å². The van der Waals surface area contributed by atoms with Gasteiger partial charge in [0.15, 0.2) is 5.78 Å². The summed E-state index contributed by atoms with van der Waals surface area (Å²) in [5.41, 5.74) is 1.11. The molecule has 0 radical (unpaired) electrons. The Balaban J connectivity index is 1.71. The molecule has 1 saturated heterocycles. The zero-order valence-electron chi connectivity index (χ0n) is 18.6. The second-order valence-electron chi connectivity index (χ2n) is 8.38. The number of hydrogen-bond donors (Lipinski definition) is 1. The molecule has 1 N–H and O–H groups in total. The maximum atomic E-state index is 13.5. The van der Waals surface area contributed by atoms with E-state index in [1.165, 1.54) is 6.42 Å². The van der Waals surface area contributed by atoms with Crippen molar-refractivity contribution in [3.8, 4) is 5.75 Å². The molecule has 1 aliphatic rings. The summed E-state index contributed by atoms with van der Waals surface area (Å²) >= 11 is 12.2. The van der Waals surface area contributed by atoms with E-state index in [0.717, 1.165) is 25.9 Å². The number of Topliss-reactive ketones (excluding diaryl/α,β-unsaturated/α-hetero) is 1. The van der Waals surface area contributed by atoms with E-state index in [4.69, 9.17) is 27.9 Å². The van der Waals surface area contributed by atoms with Crippen molar-refractivity contribution in [3.63, 3.8) is 0 Å². The Labute approximate surface area is 200 Å². The molecule has 5 nitrogen and oxygen atoms in total. The maximum Gasteiger partial charge on any atom is 0.251 e. The summed E-state index contributed by atoms with van der Waals surface area (Å²) in [6.45, 7) is 5.07. The van der Waals surface area contributed by atoms with E-state index in [1.54, 1.807) is 49.6 Å². The van der Waals surface area contributed by atoms with Gasteiger partial charge in [0.1, 0.15) is 5.75 Å². The lowest BCUT2D eigenvalue weighted by atomic mass is 9.85. The molecule has 2 aromatic rings. The number of halogens is 2. The van der Waals surface area contributed by atoms with E-state index < -0.39 is 0 Å². The summed E-state index contributed by atoms with van der Waals surface area (Å²) in [6, 6.07) is 12.0. The summed E-state index contributed by atoms with van der Waals surface area (Å²) in [6.07, 6.45) is 3.53. The van der Waals surface area contributed by atoms with Gasteiger partial charge in [-0.2, -0.15) is 0 Å². The van der Waals surface area contributed by atoms with Gasteiger partial charge in [0.05, 0.1) is 17.2 Å². The Morgan fingerprint density at radius 2 is 1.66 bits per heavy atom. The summed E-state index contributed by atoms with van der Waals surface area (Å²) in [7, 11) is 1.59. The molecule has 1 aliphatic heterocycles. The minimum Gasteiger partial charge on any atom is -0.497 e. The molecule has 0 aliphatic carbocycles. The fourth-order valence-corrected chi connectivity index (χ4v) is 4.34. The number of ether oxygens (including phenoxy) is 1. The number of nitrogens with one attached hydrogen (secondary N) is 1. The summed E-state index contributed by atoms with van der Waals surface area (Å²) < 4.78 is 5.14. The molecule has 0 saturated carbocycles. The van der Waals surface area contributed by atoms with Crippen LogP contribution in [0.15, 0.2) is 42.5 Å². The fourth-order valence-electron chi connectivity index (χ4n) is 4.05. The minimum absolute atomic E-state index is 0.0281. The van der Waals surface area contributed by atoms with Crippen LogP contribution >= 0.6 is 23.2 Å². The van der Waals surface area contributed by atoms with Crippen molar-refractivity contribution in [2.45, 2.75) is 26.2 Å². The minimum atomic E-state index is -0.262. The average molecular weight is 477 g/mol. The number of methoxy groups -OCH3 is 1. The van der Waals surface area contributed by atoms with Crippen LogP contribution in [0.2, 0.25) is 10.0 Å². The highest BCUT2D eigenvalue weighted by Crippen LogP contribution is 2.27. The summed E-state index contributed by atoms with van der Waals surface area (Å²) in [5, 5.41) is 3.78. The standard InChI is InChI=1S/C25H30Cl2N2O3/c1-17(15-28-25(31)18-6-9-20(32-2)10-7-18)21(16-29-12-4-3-5-13-29)24(30)19-8-11-22(26)23(27)14-19/h6-11,14,17,21H,3-5,12-13,15-16H2,1-2H3,(H,28,31). The van der Waals surface area contributed by atoms with Crippen molar-refractivity contribution in [2.24, 2.45) is 11.8 Å². The first-order chi connectivity index (χ1) is 15.4. The van der Waals surface area contributed by atoms with E-state index in [-0.39, 0.29) is 23.5 Å². The molecule has 1 fully saturated rings. The first kappa shape index (κ1) is 24.6. The Morgan fingerprint density at radius 3 is 2.28 bits per heavy atom. The number of nitrogens with zero attached hydrogens (tertiary/aromatic N) is 1. The predicted molar refractivity (Wildman–Crippen MR) is 129 cm³/mol. The molecule has 1 heterocycles. The Morgan fingerprint density at radius 1 is 1.00 bits per heavy atom. The lowest BCUT2D eigenvalue weighted by Gasteiger charge is -2.32. The van der Waals surface area contributed by atoms with Gasteiger partial charge < -0.3 is 15.0 Å². The molecule has 2 aromatic carbocycles. The zero-order valence-corrected chi connectivity index (χ0v) is 20.1. The molecule has 2 unspecified atom stereocenters. The van der Waals surface area contributed by atoms with Crippen molar-refractivity contribution in [1.82, 2.24) is 10.2 Å². The predicted octanol–water partition coefficient (Wildman–Crippen LogP) is 5.35. The quantitative estimate of drug-likeness (QED) is 0.495. The Kier molecular flexibility index (Phi) is 8.97. The third-order valence-electron chi connectivity index (χ3n) is 6.07. The van der Waals surface area contributed by atoms with Gasteiger partial charge in [-0.25, -0.2) is 0 Å². The van der Waals surface area contributed by atoms with Gasteiger partial charge in [-0.1, -0.05) is 36.5 Å². The lowest BCUT2D eigenvalue weighted by Crippen LogP contribution is -2.42. The molecular formula is C25H30Cl2N2O3. The molecule has 1 amide bonds. The van der Waals surface area contributed by atoms with Crippen LogP contribution in [0.25, 0.3) is 0 Å². The Bertz CT molecular complexity index is 927. The molecule has 0 bridgehead atoms. The summed E-state index contributed by atoms with van der Waals surface area (Å²) in [4.78, 5) is 28.4. The highest BCUT2D eigenvalue weighted by molar-refractivity contribution is 6.42. The maximum absolute atomic E-state index is 13.5. The van der Waals surface area contributed by atoms with E-state index in [0.29, 0.717) is 40.0 Å². The number of carbonyl (C=O) groups excluding carboxylic acids is 2. The second kappa shape index (κ2) is 11.7. The number of likely N-dealkylation sites (tertiary alicyclic amines) is 1. The van der Waals surface area contributed by atoms with Crippen LogP contribution in [-0.4, -0.2) is 49.9 Å². The number of benzene rings is 2. The van der Waals surface area contributed by atoms with Gasteiger partial charge in [0.2, 0.25) is 0 Å². The van der Waals surface area contributed by atoms with Crippen LogP contribution in [0, 0.1) is 11.8 Å². The number of rotatable bonds is 9. The molecule has 0 aromatic heterocycles. The SMILES string of the molecule is COc1ccc(C(=O)NCC(C)C(CN2CCCCC2)C(=O)c2ccc(Cl)c(Cl)c2)cc1. The van der Waals surface area contributed by atoms with Crippen molar-refractivity contribution in [2.75, 3.05) is 33.3 Å². The number of ketones is 1. The van der Waals surface area contributed by atoms with Crippen LogP contribution in [0.4, 0.5) is 0 Å². The van der Waals surface area contributed by atoms with Crippen LogP contribution < -0.4 is 10.1 Å². The fraction of sp³-hybridized carbons (Fsp3) is 0.440. The largest absolute Gasteiger partial charge is 0.497 e. The van der Waals surface area contributed by atoms with Gasteiger partial charge in [0, 0.05) is 30.1 Å². The third-order valence-corrected chi connectivity index (χ3v) is 6.81. The van der Waals surface area contributed by atoms with Crippen molar-refractivity contribution in [3.05, 3.63) is 63.6 Å². The average Bonchev–Trinajstić information content (AvgIpc) is 2.82. The van der Waals surface area contributed by atoms with Crippen LogP contribution in [0.5, 0.6) is 5.75 Å². The summed E-state index contributed by atoms with van der Waals surface area (Å²) in [5.74, 6) is 0.241. The van der Waals surface area contributed by atoms with Crippen LogP contribution in [0.3, 0.4) is 0 Å². The van der Waals surface area contributed by atoms with E-state index >= 15 is 0 Å². The number of carbonyl (C=O) groups is 2. The number of amides is 1. The monoisotopic (exact) mass is 476 g/mol. The Hall–Kier alpha value is -2.08. The molecular weight excluding hydrogens is 447 g/mol. The molecule has 7 heteroatoms. The van der Waals surface area contributed by atoms with Crippen molar-refractivity contribution < 1.29 is 14.3 Å². The second-order valence-corrected chi connectivity index (χ2v) is 9.19. The van der Waals surface area contributed by atoms with Gasteiger partial charge in [-0.3, -0.25) is 9.59 Å². The lowest BCUT2D eigenvalue weighted by molar-refractivity contribution is 0.0789. The van der Waals surface area contributed by atoms with E-state index in [9.17, 15) is 9.59 Å². The first-order valence-electron chi connectivity index (χ1n) is 11.0. The first-order valence-corrected chi connectivity index (χ1v) is 11.8. The van der Waals surface area contributed by atoms with Crippen molar-refractivity contribution >= 4 is 34.9 Å². The molecule has 3 rings (SSSR count). The van der Waals surface area contributed by atoms with Crippen molar-refractivity contribution in [1.29, 1.82) is 0 Å². The third kappa shape index (κ3) is 6.47. The zero-order chi connectivity index (χ0) is 23.1. The molecule has 172 valence electrons. The molecule has 0 spiro atoms. The van der Waals surface area contributed by atoms with Gasteiger partial charge in [0.25, 0.3) is 5.91 Å². The normalized spacial score (nSPS) is 16.2. The van der Waals surface area contributed by atoms with Gasteiger partial charge in [-0.15, -0.1) is 0 Å².